The molecule has 0 aromatic carbocycles. The minimum atomic E-state index is -4.99. The maximum absolute atomic E-state index is 13.1. The van der Waals surface area contributed by atoms with Crippen LogP contribution in [0, 0.1) is 0 Å². The molecule has 5 unspecified atom stereocenters. The molecule has 0 spiro atoms. The zero-order valence-corrected chi connectivity index (χ0v) is 62.7. The predicted octanol–water partition coefficient (Wildman–Crippen LogP) is 21.3. The summed E-state index contributed by atoms with van der Waals surface area (Å²) in [5, 5.41) is 10.6. The number of carbonyl (C=O) groups excluding carboxylic acids is 4. The van der Waals surface area contributed by atoms with Crippen molar-refractivity contribution in [1.29, 1.82) is 0 Å². The normalized spacial score (nSPS) is 14.7. The van der Waals surface area contributed by atoms with Crippen LogP contribution < -0.4 is 0 Å². The molecule has 3 N–H and O–H groups in total. The number of hydrogen-bond acceptors (Lipinski definition) is 15. The number of hydrogen-bond donors (Lipinski definition) is 3. The van der Waals surface area contributed by atoms with Gasteiger partial charge in [0.05, 0.1) is 32.8 Å². The third-order valence-electron chi connectivity index (χ3n) is 15.1. The van der Waals surface area contributed by atoms with Crippen LogP contribution in [0.2, 0.25) is 0 Å². The van der Waals surface area contributed by atoms with Gasteiger partial charge in [-0.05, 0) is 135 Å². The molecule has 0 radical (unpaired) electrons. The van der Waals surface area contributed by atoms with Gasteiger partial charge < -0.3 is 33.8 Å². The van der Waals surface area contributed by atoms with Gasteiger partial charge in [-0.1, -0.05) is 258 Å². The summed E-state index contributed by atoms with van der Waals surface area (Å²) < 4.78 is 68.2. The fourth-order valence-electron chi connectivity index (χ4n) is 9.44. The molecule has 0 bridgehead atoms. The first-order valence-corrected chi connectivity index (χ1v) is 40.4. The molecule has 0 aromatic heterocycles. The van der Waals surface area contributed by atoms with Crippen LogP contribution in [0.5, 0.6) is 0 Å². The number of aliphatic hydroxyl groups is 1. The third-order valence-corrected chi connectivity index (χ3v) is 17.0. The van der Waals surface area contributed by atoms with Gasteiger partial charge in [-0.2, -0.15) is 0 Å². The second-order valence-corrected chi connectivity index (χ2v) is 27.4. The molecule has 0 aliphatic rings. The molecule has 98 heavy (non-hydrogen) atoms. The lowest BCUT2D eigenvalue weighted by atomic mass is 10.1. The average molecular weight is 1420 g/mol. The summed E-state index contributed by atoms with van der Waals surface area (Å²) in [5.41, 5.74) is 0. The second kappa shape index (κ2) is 70.6. The Hall–Kier alpha value is -4.80. The topological polar surface area (TPSA) is 237 Å². The largest absolute Gasteiger partial charge is 0.472 e. The molecule has 19 heteroatoms. The Morgan fingerprint density at radius 2 is 0.582 bits per heavy atom. The van der Waals surface area contributed by atoms with Crippen molar-refractivity contribution in [3.05, 3.63) is 134 Å². The van der Waals surface area contributed by atoms with Gasteiger partial charge in [-0.25, -0.2) is 9.13 Å². The highest BCUT2D eigenvalue weighted by molar-refractivity contribution is 7.47. The van der Waals surface area contributed by atoms with E-state index in [4.69, 9.17) is 37.0 Å². The first-order chi connectivity index (χ1) is 47.7. The first kappa shape index (κ1) is 93.2. The maximum Gasteiger partial charge on any atom is 0.472 e. The summed E-state index contributed by atoms with van der Waals surface area (Å²) in [6.07, 6.45) is 77.7. The summed E-state index contributed by atoms with van der Waals surface area (Å²) in [6, 6.07) is 0. The van der Waals surface area contributed by atoms with Crippen molar-refractivity contribution in [2.24, 2.45) is 0 Å². The van der Waals surface area contributed by atoms with E-state index in [1.807, 2.05) is 18.2 Å². The van der Waals surface area contributed by atoms with E-state index >= 15 is 0 Å². The monoisotopic (exact) mass is 1410 g/mol. The van der Waals surface area contributed by atoms with Crippen LogP contribution in [0.15, 0.2) is 134 Å². The molecular formula is C79H132O17P2. The molecule has 0 saturated heterocycles. The van der Waals surface area contributed by atoms with Crippen molar-refractivity contribution in [3.63, 3.8) is 0 Å². The van der Waals surface area contributed by atoms with Crippen LogP contribution in [-0.4, -0.2) is 96.7 Å². The van der Waals surface area contributed by atoms with Crippen molar-refractivity contribution >= 4 is 39.5 Å². The smallest absolute Gasteiger partial charge is 0.462 e. The van der Waals surface area contributed by atoms with Gasteiger partial charge in [0.2, 0.25) is 0 Å². The minimum Gasteiger partial charge on any atom is -0.462 e. The second-order valence-electron chi connectivity index (χ2n) is 24.5. The zero-order valence-electron chi connectivity index (χ0n) is 60.9. The molecule has 5 atom stereocenters. The Morgan fingerprint density at radius 1 is 0.306 bits per heavy atom. The number of carbonyl (C=O) groups is 4. The number of phosphoric ester groups is 2. The molecule has 0 aliphatic heterocycles. The Bertz CT molecular complexity index is 2380. The summed E-state index contributed by atoms with van der Waals surface area (Å²) in [7, 11) is -9.98. The molecule has 0 heterocycles. The van der Waals surface area contributed by atoms with Crippen LogP contribution in [-0.2, 0) is 65.4 Å². The van der Waals surface area contributed by atoms with E-state index in [1.165, 1.54) is 38.5 Å². The first-order valence-electron chi connectivity index (χ1n) is 37.4. The molecule has 560 valence electrons. The van der Waals surface area contributed by atoms with E-state index in [-0.39, 0.29) is 25.7 Å². The molecular weight excluding hydrogens is 1280 g/mol. The highest BCUT2D eigenvalue weighted by Crippen LogP contribution is 2.45. The molecule has 0 saturated carbocycles. The number of rotatable bonds is 69. The summed E-state index contributed by atoms with van der Waals surface area (Å²) in [5.74, 6) is -2.36. The van der Waals surface area contributed by atoms with E-state index in [1.54, 1.807) is 6.08 Å². The Morgan fingerprint density at radius 3 is 0.949 bits per heavy atom. The van der Waals surface area contributed by atoms with Crippen LogP contribution >= 0.6 is 15.6 Å². The van der Waals surface area contributed by atoms with E-state index in [9.17, 15) is 43.2 Å². The Labute approximate surface area is 593 Å². The highest BCUT2D eigenvalue weighted by atomic mass is 31.2. The van der Waals surface area contributed by atoms with Crippen LogP contribution in [0.1, 0.15) is 285 Å². The predicted molar refractivity (Wildman–Crippen MR) is 399 cm³/mol. The SMILES string of the molecule is CC/C=C\C/C=C\C/C=C\C/C=C\C/C=C\CC(=O)OCC(COP(=O)(O)OCC(O)COP(=O)(O)OCC(COC(=O)CCCCCCCC/C=C\C/C=C\C/C=C\C/C=C\CC)OC(=O)CCCCCCC/C=C\CCCCCC)OC(=O)CCCCCCC/C=C\CCCC. The van der Waals surface area contributed by atoms with Gasteiger partial charge in [-0.15, -0.1) is 0 Å². The van der Waals surface area contributed by atoms with E-state index < -0.39 is 97.5 Å². The molecule has 0 aliphatic carbocycles. The van der Waals surface area contributed by atoms with E-state index in [0.29, 0.717) is 25.7 Å². The Balaban J connectivity index is 5.39. The average Bonchev–Trinajstić information content (AvgIpc) is 1.94. The number of allylic oxidation sites excluding steroid dienone is 21. The number of ether oxygens (including phenoxy) is 4. The molecule has 17 nitrogen and oxygen atoms in total. The summed E-state index contributed by atoms with van der Waals surface area (Å²) in [6.45, 7) is 4.42. The van der Waals surface area contributed by atoms with Gasteiger partial charge in [0, 0.05) is 19.3 Å². The lowest BCUT2D eigenvalue weighted by Crippen LogP contribution is -2.30. The highest BCUT2D eigenvalue weighted by Gasteiger charge is 2.30. The van der Waals surface area contributed by atoms with Gasteiger partial charge >= 0.3 is 39.5 Å². The number of unbranched alkanes of at least 4 members (excludes halogenated alkanes) is 22. The standard InChI is InChI=1S/C79H132O17P2/c1-5-9-13-17-21-25-29-32-34-35-36-37-39-42-45-48-52-56-60-64-77(82)90-70-75(96-79(84)66-62-58-54-50-46-40-31-27-23-19-15-11-7-3)72-94-98(87,88)92-68-73(80)67-91-97(85,86)93-71-74(95-78(83)65-61-57-53-49-43-28-24-20-16-12-8-4)69-89-76(81)63-59-55-51-47-44-41-38-33-30-26-22-18-14-10-6-2/h9-10,13-14,20-22,24-27,31-34,36-38,44,47,55,59,73-75,80H,5-8,11-12,15-19,23,28-30,35,39-43,45-46,48-54,56-58,60-72H2,1-4H3,(H,85,86)(H,87,88)/b13-9-,14-10-,24-20-,25-21-,26-22-,31-27-,34-32-,37-36-,38-33-,47-44-,59-55-. The fourth-order valence-corrected chi connectivity index (χ4v) is 11.0. The Kier molecular flexibility index (Phi) is 67.2. The van der Waals surface area contributed by atoms with Crippen LogP contribution in [0.25, 0.3) is 0 Å². The van der Waals surface area contributed by atoms with Gasteiger partial charge in [0.1, 0.15) is 19.3 Å². The number of phosphoric acid groups is 2. The lowest BCUT2D eigenvalue weighted by Gasteiger charge is -2.21. The third kappa shape index (κ3) is 69.7. The van der Waals surface area contributed by atoms with E-state index in [0.717, 1.165) is 167 Å². The fraction of sp³-hybridized carbons (Fsp3) is 0.671. The van der Waals surface area contributed by atoms with Crippen molar-refractivity contribution in [1.82, 2.24) is 0 Å². The summed E-state index contributed by atoms with van der Waals surface area (Å²) in [4.78, 5) is 72.7. The van der Waals surface area contributed by atoms with Crippen molar-refractivity contribution in [3.8, 4) is 0 Å². The number of esters is 4. The zero-order chi connectivity index (χ0) is 71.8. The van der Waals surface area contributed by atoms with Crippen LogP contribution in [0.3, 0.4) is 0 Å². The lowest BCUT2D eigenvalue weighted by molar-refractivity contribution is -0.161. The van der Waals surface area contributed by atoms with Gasteiger partial charge in [0.15, 0.2) is 12.2 Å². The molecule has 0 rings (SSSR count). The molecule has 0 aromatic rings. The quantitative estimate of drug-likeness (QED) is 0.0169. The maximum atomic E-state index is 13.1. The molecule has 0 amide bonds. The van der Waals surface area contributed by atoms with Crippen molar-refractivity contribution in [2.75, 3.05) is 39.6 Å². The summed E-state index contributed by atoms with van der Waals surface area (Å²) >= 11 is 0. The van der Waals surface area contributed by atoms with Crippen molar-refractivity contribution < 1.29 is 80.2 Å². The molecule has 0 fully saturated rings. The van der Waals surface area contributed by atoms with Gasteiger partial charge in [0.25, 0.3) is 0 Å². The van der Waals surface area contributed by atoms with Crippen molar-refractivity contribution in [2.45, 2.75) is 303 Å². The minimum absolute atomic E-state index is 0.0620. The van der Waals surface area contributed by atoms with Crippen LogP contribution in [0.4, 0.5) is 0 Å². The van der Waals surface area contributed by atoms with Gasteiger partial charge in [-0.3, -0.25) is 37.3 Å². The van der Waals surface area contributed by atoms with E-state index in [2.05, 4.69) is 137 Å². The number of aliphatic hydroxyl groups excluding tert-OH is 1.